The topological polar surface area (TPSA) is 34.0 Å². The molecule has 0 atom stereocenters. The lowest BCUT2D eigenvalue weighted by Gasteiger charge is -2.08. The van der Waals surface area contributed by atoms with Gasteiger partial charge in [-0.15, -0.1) is 0 Å². The second-order valence-corrected chi connectivity index (χ2v) is 5.88. The highest BCUT2D eigenvalue weighted by atomic mass is 16.5. The predicted molar refractivity (Wildman–Crippen MR) is 103 cm³/mol. The van der Waals surface area contributed by atoms with Gasteiger partial charge in [0.05, 0.1) is 29.9 Å². The van der Waals surface area contributed by atoms with Crippen LogP contribution >= 0.6 is 0 Å². The number of benzene rings is 3. The van der Waals surface area contributed by atoms with Gasteiger partial charge in [0.2, 0.25) is 0 Å². The van der Waals surface area contributed by atoms with Crippen molar-refractivity contribution < 1.29 is 4.74 Å². The second-order valence-electron chi connectivity index (χ2n) is 5.88. The monoisotopic (exact) mass is 326 g/mol. The van der Waals surface area contributed by atoms with E-state index in [1.165, 1.54) is 0 Å². The number of rotatable bonds is 3. The summed E-state index contributed by atoms with van der Waals surface area (Å²) in [5.41, 5.74) is 6.06. The largest absolute Gasteiger partial charge is 0.497 e. The van der Waals surface area contributed by atoms with Crippen LogP contribution in [0.2, 0.25) is 0 Å². The van der Waals surface area contributed by atoms with E-state index in [2.05, 4.69) is 12.1 Å². The van der Waals surface area contributed by atoms with Crippen LogP contribution in [-0.2, 0) is 0 Å². The number of ether oxygens (including phenoxy) is 1. The van der Waals surface area contributed by atoms with Gasteiger partial charge in [0.15, 0.2) is 0 Å². The van der Waals surface area contributed by atoms with Gasteiger partial charge in [-0.25, -0.2) is 0 Å². The van der Waals surface area contributed by atoms with Crippen molar-refractivity contribution in [1.29, 1.82) is 0 Å². The molecule has 0 saturated heterocycles. The molecule has 122 valence electrons. The van der Waals surface area contributed by atoms with Crippen molar-refractivity contribution in [2.45, 2.75) is 6.42 Å². The SMILES string of the molecule is COc1ccc(C2=Nc3ccccc3N=C(c3ccccc3)C2)cc1. The lowest BCUT2D eigenvalue weighted by atomic mass is 10.00. The van der Waals surface area contributed by atoms with Crippen LogP contribution in [0.3, 0.4) is 0 Å². The van der Waals surface area contributed by atoms with Crippen LogP contribution in [0.25, 0.3) is 0 Å². The average Bonchev–Trinajstić information content (AvgIpc) is 2.88. The molecule has 0 fully saturated rings. The van der Waals surface area contributed by atoms with E-state index in [1.807, 2.05) is 66.7 Å². The van der Waals surface area contributed by atoms with Gasteiger partial charge >= 0.3 is 0 Å². The van der Waals surface area contributed by atoms with Crippen LogP contribution in [-0.4, -0.2) is 18.5 Å². The summed E-state index contributed by atoms with van der Waals surface area (Å²) in [7, 11) is 1.68. The minimum Gasteiger partial charge on any atom is -0.497 e. The molecule has 0 aromatic heterocycles. The third-order valence-electron chi connectivity index (χ3n) is 4.26. The Kier molecular flexibility index (Phi) is 4.13. The van der Waals surface area contributed by atoms with Crippen molar-refractivity contribution >= 4 is 22.8 Å². The summed E-state index contributed by atoms with van der Waals surface area (Å²) in [6.45, 7) is 0. The van der Waals surface area contributed by atoms with Gasteiger partial charge in [-0.1, -0.05) is 42.5 Å². The zero-order valence-corrected chi connectivity index (χ0v) is 14.0. The van der Waals surface area contributed by atoms with Gasteiger partial charge in [-0.2, -0.15) is 0 Å². The Balaban J connectivity index is 1.82. The molecule has 0 aliphatic carbocycles. The van der Waals surface area contributed by atoms with Crippen LogP contribution in [0.15, 0.2) is 88.8 Å². The number of fused-ring (bicyclic) bond motifs is 1. The molecule has 1 aliphatic rings. The van der Waals surface area contributed by atoms with Crippen molar-refractivity contribution in [1.82, 2.24) is 0 Å². The maximum atomic E-state index is 5.26. The first-order chi connectivity index (χ1) is 12.3. The van der Waals surface area contributed by atoms with Crippen LogP contribution in [0.5, 0.6) is 5.75 Å². The lowest BCUT2D eigenvalue weighted by molar-refractivity contribution is 0.415. The molecule has 3 nitrogen and oxygen atoms in total. The normalized spacial score (nSPS) is 13.3. The first kappa shape index (κ1) is 15.3. The molecule has 0 saturated carbocycles. The summed E-state index contributed by atoms with van der Waals surface area (Å²) in [5.74, 6) is 0.843. The molecule has 1 heterocycles. The molecular formula is C22H18N2O. The van der Waals surface area contributed by atoms with E-state index in [-0.39, 0.29) is 0 Å². The molecule has 0 spiro atoms. The van der Waals surface area contributed by atoms with Gasteiger partial charge in [-0.3, -0.25) is 9.98 Å². The Labute approximate surface area is 147 Å². The maximum absolute atomic E-state index is 5.26. The van der Waals surface area contributed by atoms with Crippen LogP contribution in [0.1, 0.15) is 17.5 Å². The summed E-state index contributed by atoms with van der Waals surface area (Å²) in [5, 5.41) is 0. The van der Waals surface area contributed by atoms with Crippen molar-refractivity contribution in [3.8, 4) is 5.75 Å². The minimum absolute atomic E-state index is 0.686. The summed E-state index contributed by atoms with van der Waals surface area (Å²) >= 11 is 0. The van der Waals surface area contributed by atoms with Crippen molar-refractivity contribution in [2.24, 2.45) is 9.98 Å². The zero-order valence-electron chi connectivity index (χ0n) is 14.0. The number of methoxy groups -OCH3 is 1. The minimum atomic E-state index is 0.686. The standard InChI is InChI=1S/C22H18N2O/c1-25-18-13-11-17(12-14-18)22-15-21(16-7-3-2-4-8-16)23-19-9-5-6-10-20(19)24-22/h2-14H,15H2,1H3. The molecule has 0 unspecified atom stereocenters. The maximum Gasteiger partial charge on any atom is 0.118 e. The number of hydrogen-bond acceptors (Lipinski definition) is 3. The van der Waals surface area contributed by atoms with Gasteiger partial charge in [0.1, 0.15) is 5.75 Å². The number of aliphatic imine (C=N–C) groups is 2. The van der Waals surface area contributed by atoms with Crippen molar-refractivity contribution in [2.75, 3.05) is 7.11 Å². The third kappa shape index (κ3) is 3.22. The summed E-state index contributed by atoms with van der Waals surface area (Å²) in [6, 6.07) is 26.3. The molecule has 1 aliphatic heterocycles. The van der Waals surface area contributed by atoms with E-state index in [0.29, 0.717) is 6.42 Å². The highest BCUT2D eigenvalue weighted by Gasteiger charge is 2.16. The fourth-order valence-corrected chi connectivity index (χ4v) is 2.93. The Morgan fingerprint density at radius 1 is 0.640 bits per heavy atom. The second kappa shape index (κ2) is 6.73. The van der Waals surface area contributed by atoms with E-state index in [1.54, 1.807) is 7.11 Å². The first-order valence-corrected chi connectivity index (χ1v) is 8.27. The molecular weight excluding hydrogens is 308 g/mol. The molecule has 0 N–H and O–H groups in total. The Morgan fingerprint density at radius 3 is 1.72 bits per heavy atom. The Hall–Kier alpha value is -3.20. The van der Waals surface area contributed by atoms with Crippen LogP contribution in [0.4, 0.5) is 11.4 Å². The number of hydrogen-bond donors (Lipinski definition) is 0. The summed E-state index contributed by atoms with van der Waals surface area (Å²) in [6.07, 6.45) is 0.686. The van der Waals surface area contributed by atoms with Crippen molar-refractivity contribution in [3.05, 3.63) is 90.0 Å². The Morgan fingerprint density at radius 2 is 1.16 bits per heavy atom. The molecule has 3 aromatic rings. The predicted octanol–water partition coefficient (Wildman–Crippen LogP) is 5.34. The van der Waals surface area contributed by atoms with Gasteiger partial charge in [0, 0.05) is 6.42 Å². The highest BCUT2D eigenvalue weighted by Crippen LogP contribution is 2.32. The van der Waals surface area contributed by atoms with E-state index in [4.69, 9.17) is 14.7 Å². The summed E-state index contributed by atoms with van der Waals surface area (Å²) in [4.78, 5) is 9.80. The quantitative estimate of drug-likeness (QED) is 0.639. The van der Waals surface area contributed by atoms with E-state index >= 15 is 0 Å². The molecule has 3 aromatic carbocycles. The van der Waals surface area contributed by atoms with Gasteiger partial charge < -0.3 is 4.74 Å². The van der Waals surface area contributed by atoms with E-state index in [9.17, 15) is 0 Å². The molecule has 25 heavy (non-hydrogen) atoms. The van der Waals surface area contributed by atoms with Crippen LogP contribution < -0.4 is 4.74 Å². The zero-order chi connectivity index (χ0) is 17.1. The highest BCUT2D eigenvalue weighted by molar-refractivity contribution is 6.20. The average molecular weight is 326 g/mol. The van der Waals surface area contributed by atoms with Crippen molar-refractivity contribution in [3.63, 3.8) is 0 Å². The lowest BCUT2D eigenvalue weighted by Crippen LogP contribution is -2.09. The van der Waals surface area contributed by atoms with E-state index in [0.717, 1.165) is 39.7 Å². The number of nitrogens with zero attached hydrogens (tertiary/aromatic N) is 2. The fourth-order valence-electron chi connectivity index (χ4n) is 2.93. The first-order valence-electron chi connectivity index (χ1n) is 8.27. The fraction of sp³-hybridized carbons (Fsp3) is 0.0909. The number of para-hydroxylation sites is 2. The Bertz CT molecular complexity index is 941. The smallest absolute Gasteiger partial charge is 0.118 e. The molecule has 0 amide bonds. The molecule has 4 rings (SSSR count). The van der Waals surface area contributed by atoms with Gasteiger partial charge in [0.25, 0.3) is 0 Å². The molecule has 0 radical (unpaired) electrons. The molecule has 0 bridgehead atoms. The molecule has 3 heteroatoms. The summed E-state index contributed by atoms with van der Waals surface area (Å²) < 4.78 is 5.26. The van der Waals surface area contributed by atoms with Gasteiger partial charge in [-0.05, 0) is 47.5 Å². The van der Waals surface area contributed by atoms with Crippen LogP contribution in [0, 0.1) is 0 Å². The van der Waals surface area contributed by atoms with E-state index < -0.39 is 0 Å². The third-order valence-corrected chi connectivity index (χ3v) is 4.26.